The second kappa shape index (κ2) is 11.2. The van der Waals surface area contributed by atoms with Crippen molar-refractivity contribution in [2.45, 2.75) is 26.4 Å². The molecule has 0 atom stereocenters. The van der Waals surface area contributed by atoms with E-state index in [0.717, 1.165) is 44.0 Å². The average molecular weight is 410 g/mol. The maximum absolute atomic E-state index is 12.7. The summed E-state index contributed by atoms with van der Waals surface area (Å²) < 4.78 is 0. The normalized spacial score (nSPS) is 14.3. The molecule has 0 saturated carbocycles. The summed E-state index contributed by atoms with van der Waals surface area (Å²) in [5.41, 5.74) is 3.05. The topological polar surface area (TPSA) is 35.6 Å². The molecule has 0 bridgehead atoms. The van der Waals surface area contributed by atoms with E-state index in [2.05, 4.69) is 36.2 Å². The van der Waals surface area contributed by atoms with Crippen LogP contribution in [0.3, 0.4) is 0 Å². The number of hydrogen-bond donors (Lipinski definition) is 1. The van der Waals surface area contributed by atoms with E-state index >= 15 is 0 Å². The number of rotatable bonds is 5. The highest BCUT2D eigenvalue weighted by Gasteiger charge is 2.23. The smallest absolute Gasteiger partial charge is 0.253 e. The molecule has 2 aromatic carbocycles. The van der Waals surface area contributed by atoms with Crippen LogP contribution in [0.25, 0.3) is 0 Å². The van der Waals surface area contributed by atoms with Gasteiger partial charge in [0.15, 0.2) is 0 Å². The van der Waals surface area contributed by atoms with Gasteiger partial charge in [-0.05, 0) is 43.7 Å². The van der Waals surface area contributed by atoms with E-state index in [4.69, 9.17) is 0 Å². The van der Waals surface area contributed by atoms with Crippen molar-refractivity contribution >= 4 is 36.4 Å². The third-order valence-electron chi connectivity index (χ3n) is 4.80. The molecule has 1 amide bonds. The van der Waals surface area contributed by atoms with Crippen LogP contribution in [0.15, 0.2) is 54.6 Å². The molecular formula is C21H29Cl2N3O. The number of piperazine rings is 1. The van der Waals surface area contributed by atoms with Gasteiger partial charge in [-0.3, -0.25) is 9.69 Å². The summed E-state index contributed by atoms with van der Waals surface area (Å²) in [5, 5.41) is 3.39. The zero-order chi connectivity index (χ0) is 17.6. The number of benzene rings is 2. The second-order valence-electron chi connectivity index (χ2n) is 6.84. The lowest BCUT2D eigenvalue weighted by molar-refractivity contribution is 0.0595. The molecule has 27 heavy (non-hydrogen) atoms. The van der Waals surface area contributed by atoms with Gasteiger partial charge in [0.1, 0.15) is 0 Å². The van der Waals surface area contributed by atoms with Crippen LogP contribution in [0, 0.1) is 0 Å². The molecule has 148 valence electrons. The summed E-state index contributed by atoms with van der Waals surface area (Å²) in [6.45, 7) is 8.72. The van der Waals surface area contributed by atoms with Crippen LogP contribution in [0.2, 0.25) is 0 Å². The Morgan fingerprint density at radius 2 is 1.52 bits per heavy atom. The fraction of sp³-hybridized carbons (Fsp3) is 0.381. The van der Waals surface area contributed by atoms with Crippen LogP contribution in [-0.4, -0.2) is 47.9 Å². The molecule has 2 aromatic rings. The van der Waals surface area contributed by atoms with E-state index in [1.807, 2.05) is 47.4 Å². The van der Waals surface area contributed by atoms with Gasteiger partial charge in [-0.15, -0.1) is 24.8 Å². The summed E-state index contributed by atoms with van der Waals surface area (Å²) in [6.07, 6.45) is 0. The summed E-state index contributed by atoms with van der Waals surface area (Å²) >= 11 is 0. The lowest BCUT2D eigenvalue weighted by Crippen LogP contribution is -2.50. The first-order valence-corrected chi connectivity index (χ1v) is 9.04. The fourth-order valence-corrected chi connectivity index (χ4v) is 3.15. The van der Waals surface area contributed by atoms with Crippen molar-refractivity contribution in [2.75, 3.05) is 31.5 Å². The number of nitrogens with zero attached hydrogens (tertiary/aromatic N) is 2. The highest BCUT2D eigenvalue weighted by atomic mass is 35.5. The van der Waals surface area contributed by atoms with Gasteiger partial charge < -0.3 is 10.2 Å². The minimum atomic E-state index is 0. The quantitative estimate of drug-likeness (QED) is 0.798. The van der Waals surface area contributed by atoms with Gasteiger partial charge in [0.25, 0.3) is 5.91 Å². The largest absolute Gasteiger partial charge is 0.381 e. The number of carbonyl (C=O) groups excluding carboxylic acids is 1. The third-order valence-corrected chi connectivity index (χ3v) is 4.80. The van der Waals surface area contributed by atoms with Gasteiger partial charge in [0.2, 0.25) is 0 Å². The second-order valence-corrected chi connectivity index (χ2v) is 6.84. The predicted octanol–water partition coefficient (Wildman–Crippen LogP) is 4.31. The first-order valence-electron chi connectivity index (χ1n) is 9.04. The van der Waals surface area contributed by atoms with Crippen LogP contribution >= 0.6 is 24.8 Å². The van der Waals surface area contributed by atoms with E-state index in [0.29, 0.717) is 6.04 Å². The lowest BCUT2D eigenvalue weighted by Gasteiger charge is -2.37. The van der Waals surface area contributed by atoms with Crippen molar-refractivity contribution < 1.29 is 4.79 Å². The summed E-state index contributed by atoms with van der Waals surface area (Å²) in [7, 11) is 0. The number of hydrogen-bond acceptors (Lipinski definition) is 3. The van der Waals surface area contributed by atoms with Crippen LogP contribution in [0.1, 0.15) is 29.8 Å². The van der Waals surface area contributed by atoms with E-state index in [-0.39, 0.29) is 30.7 Å². The minimum absolute atomic E-state index is 0. The molecule has 0 spiro atoms. The van der Waals surface area contributed by atoms with Crippen molar-refractivity contribution in [3.05, 3.63) is 65.7 Å². The lowest BCUT2D eigenvalue weighted by atomic mass is 10.1. The molecule has 1 aliphatic heterocycles. The maximum atomic E-state index is 12.7. The third kappa shape index (κ3) is 6.42. The molecule has 3 rings (SSSR count). The number of nitrogens with one attached hydrogen (secondary N) is 1. The fourth-order valence-electron chi connectivity index (χ4n) is 3.15. The number of halogens is 2. The van der Waals surface area contributed by atoms with E-state index < -0.39 is 0 Å². The molecule has 0 unspecified atom stereocenters. The van der Waals surface area contributed by atoms with E-state index in [9.17, 15) is 4.79 Å². The van der Waals surface area contributed by atoms with Crippen LogP contribution in [-0.2, 0) is 6.54 Å². The Balaban J connectivity index is 0.00000182. The molecule has 1 N–H and O–H groups in total. The molecule has 0 aliphatic carbocycles. The Hall–Kier alpha value is -1.75. The van der Waals surface area contributed by atoms with Gasteiger partial charge in [0.05, 0.1) is 0 Å². The molecule has 4 nitrogen and oxygen atoms in total. The van der Waals surface area contributed by atoms with Gasteiger partial charge in [-0.1, -0.05) is 30.3 Å². The Morgan fingerprint density at radius 1 is 0.926 bits per heavy atom. The number of anilines is 1. The van der Waals surface area contributed by atoms with Crippen LogP contribution < -0.4 is 5.32 Å². The first-order chi connectivity index (χ1) is 12.1. The Labute approximate surface area is 174 Å². The molecular weight excluding hydrogens is 381 g/mol. The van der Waals surface area contributed by atoms with Crippen molar-refractivity contribution in [2.24, 2.45) is 0 Å². The summed E-state index contributed by atoms with van der Waals surface area (Å²) in [6, 6.07) is 18.6. The van der Waals surface area contributed by atoms with Crippen molar-refractivity contribution in [3.63, 3.8) is 0 Å². The maximum Gasteiger partial charge on any atom is 0.253 e. The van der Waals surface area contributed by atoms with Gasteiger partial charge >= 0.3 is 0 Å². The molecule has 0 radical (unpaired) electrons. The van der Waals surface area contributed by atoms with Crippen molar-refractivity contribution in [1.82, 2.24) is 9.80 Å². The van der Waals surface area contributed by atoms with Gasteiger partial charge in [-0.25, -0.2) is 0 Å². The molecule has 1 aliphatic rings. The van der Waals surface area contributed by atoms with Crippen molar-refractivity contribution in [1.29, 1.82) is 0 Å². The molecule has 1 saturated heterocycles. The number of para-hydroxylation sites is 1. The summed E-state index contributed by atoms with van der Waals surface area (Å²) in [4.78, 5) is 17.0. The highest BCUT2D eigenvalue weighted by molar-refractivity contribution is 5.94. The van der Waals surface area contributed by atoms with Crippen LogP contribution in [0.4, 0.5) is 5.69 Å². The Bertz CT molecular complexity index is 684. The van der Waals surface area contributed by atoms with Gasteiger partial charge in [-0.2, -0.15) is 0 Å². The molecule has 1 heterocycles. The van der Waals surface area contributed by atoms with E-state index in [1.165, 1.54) is 5.56 Å². The van der Waals surface area contributed by atoms with Crippen molar-refractivity contribution in [3.8, 4) is 0 Å². The summed E-state index contributed by atoms with van der Waals surface area (Å²) in [5.74, 6) is 0.144. The zero-order valence-electron chi connectivity index (χ0n) is 15.9. The molecule has 6 heteroatoms. The van der Waals surface area contributed by atoms with Crippen LogP contribution in [0.5, 0.6) is 0 Å². The average Bonchev–Trinajstić information content (AvgIpc) is 2.67. The monoisotopic (exact) mass is 409 g/mol. The van der Waals surface area contributed by atoms with Gasteiger partial charge in [0, 0.05) is 50.0 Å². The number of carbonyl (C=O) groups is 1. The Morgan fingerprint density at radius 3 is 2.07 bits per heavy atom. The highest BCUT2D eigenvalue weighted by Crippen LogP contribution is 2.13. The minimum Gasteiger partial charge on any atom is -0.381 e. The standard InChI is InChI=1S/C21H27N3O.2ClH/c1-17(2)23-12-14-24(15-13-23)21(25)19-10-8-18(9-11-19)16-22-20-6-4-3-5-7-20;;/h3-11,17,22H,12-16H2,1-2H3;2*1H. The SMILES string of the molecule is CC(C)N1CCN(C(=O)c2ccc(CNc3ccccc3)cc2)CC1.Cl.Cl. The number of amides is 1. The molecule has 0 aromatic heterocycles. The van der Waals surface area contributed by atoms with E-state index in [1.54, 1.807) is 0 Å². The Kier molecular flexibility index (Phi) is 9.64. The predicted molar refractivity (Wildman–Crippen MR) is 117 cm³/mol. The first kappa shape index (κ1) is 23.3. The zero-order valence-corrected chi connectivity index (χ0v) is 17.6. The molecule has 1 fully saturated rings.